The van der Waals surface area contributed by atoms with Crippen LogP contribution in [0.4, 0.5) is 5.69 Å². The van der Waals surface area contributed by atoms with Gasteiger partial charge in [0.05, 0.1) is 6.42 Å². The third kappa shape index (κ3) is 6.43. The summed E-state index contributed by atoms with van der Waals surface area (Å²) in [5.41, 5.74) is 5.37. The van der Waals surface area contributed by atoms with Gasteiger partial charge in [0, 0.05) is 16.3 Å². The van der Waals surface area contributed by atoms with Crippen molar-refractivity contribution in [2.45, 2.75) is 45.4 Å². The molecule has 4 nitrogen and oxygen atoms in total. The van der Waals surface area contributed by atoms with E-state index in [1.54, 1.807) is 11.8 Å². The molecule has 0 aliphatic rings. The molecule has 0 spiro atoms. The molecule has 0 bridgehead atoms. The fourth-order valence-corrected chi connectivity index (χ4v) is 3.58. The fraction of sp³-hybridized carbons (Fsp3) is 0.364. The predicted molar refractivity (Wildman–Crippen MR) is 111 cm³/mol. The van der Waals surface area contributed by atoms with Gasteiger partial charge in [0.2, 0.25) is 0 Å². The highest BCUT2D eigenvalue weighted by atomic mass is 32.2. The number of hydrogen-bond donors (Lipinski definition) is 1. The summed E-state index contributed by atoms with van der Waals surface area (Å²) in [6.45, 7) is 7.88. The molecule has 1 N–H and O–H groups in total. The monoisotopic (exact) mass is 385 g/mol. The number of carbonyl (C=O) groups is 2. The number of ether oxygens (including phenoxy) is 1. The maximum atomic E-state index is 12.1. The SMILES string of the molecule is CCc1cccc(C)c1NC(=O)COC(=O)CCSc1ccc(C)c(C)c1. The van der Waals surface area contributed by atoms with E-state index in [0.717, 1.165) is 28.1 Å². The third-order valence-electron chi connectivity index (χ3n) is 4.42. The van der Waals surface area contributed by atoms with Crippen LogP contribution in [0, 0.1) is 20.8 Å². The molecule has 2 aromatic rings. The topological polar surface area (TPSA) is 55.4 Å². The highest BCUT2D eigenvalue weighted by Crippen LogP contribution is 2.22. The quantitative estimate of drug-likeness (QED) is 0.522. The normalized spacial score (nSPS) is 10.5. The van der Waals surface area contributed by atoms with Crippen molar-refractivity contribution in [3.63, 3.8) is 0 Å². The zero-order valence-electron chi connectivity index (χ0n) is 16.4. The van der Waals surface area contributed by atoms with Crippen molar-refractivity contribution in [1.82, 2.24) is 0 Å². The number of amides is 1. The fourth-order valence-electron chi connectivity index (χ4n) is 2.65. The van der Waals surface area contributed by atoms with Crippen LogP contribution in [0.1, 0.15) is 35.6 Å². The summed E-state index contributed by atoms with van der Waals surface area (Å²) >= 11 is 1.61. The summed E-state index contributed by atoms with van der Waals surface area (Å²) in [7, 11) is 0. The van der Waals surface area contributed by atoms with Crippen molar-refractivity contribution in [1.29, 1.82) is 0 Å². The number of esters is 1. The Bertz CT molecular complexity index is 817. The molecule has 0 aromatic heterocycles. The molecule has 0 atom stereocenters. The summed E-state index contributed by atoms with van der Waals surface area (Å²) in [4.78, 5) is 25.1. The second-order valence-corrected chi connectivity index (χ2v) is 7.68. The van der Waals surface area contributed by atoms with E-state index in [1.165, 1.54) is 11.1 Å². The minimum Gasteiger partial charge on any atom is -0.456 e. The van der Waals surface area contributed by atoms with E-state index in [-0.39, 0.29) is 24.9 Å². The van der Waals surface area contributed by atoms with E-state index < -0.39 is 0 Å². The number of nitrogens with one attached hydrogen (secondary N) is 1. The second-order valence-electron chi connectivity index (χ2n) is 6.52. The van der Waals surface area contributed by atoms with Gasteiger partial charge in [-0.2, -0.15) is 0 Å². The van der Waals surface area contributed by atoms with Crippen LogP contribution in [0.15, 0.2) is 41.3 Å². The molecule has 0 radical (unpaired) electrons. The maximum absolute atomic E-state index is 12.1. The molecule has 1 amide bonds. The molecule has 0 fully saturated rings. The number of hydrogen-bond acceptors (Lipinski definition) is 4. The average Bonchev–Trinajstić information content (AvgIpc) is 2.64. The Morgan fingerprint density at radius 3 is 2.52 bits per heavy atom. The summed E-state index contributed by atoms with van der Waals surface area (Å²) in [5.74, 6) is -0.0445. The number of rotatable bonds is 8. The Hall–Kier alpha value is -2.27. The van der Waals surface area contributed by atoms with E-state index in [0.29, 0.717) is 5.75 Å². The Balaban J connectivity index is 1.75. The summed E-state index contributed by atoms with van der Waals surface area (Å²) in [5, 5.41) is 2.86. The first-order valence-electron chi connectivity index (χ1n) is 9.14. The molecular weight excluding hydrogens is 358 g/mol. The van der Waals surface area contributed by atoms with Gasteiger partial charge in [-0.15, -0.1) is 11.8 Å². The molecule has 0 aliphatic heterocycles. The Morgan fingerprint density at radius 1 is 1.04 bits per heavy atom. The molecule has 144 valence electrons. The van der Waals surface area contributed by atoms with Gasteiger partial charge in [-0.3, -0.25) is 9.59 Å². The van der Waals surface area contributed by atoms with Crippen molar-refractivity contribution in [3.8, 4) is 0 Å². The minimum atomic E-state index is -0.359. The standard InChI is InChI=1S/C22H27NO3S/c1-5-18-8-6-7-16(3)22(18)23-20(24)14-26-21(25)11-12-27-19-10-9-15(2)17(4)13-19/h6-10,13H,5,11-12,14H2,1-4H3,(H,23,24). The lowest BCUT2D eigenvalue weighted by molar-refractivity contribution is -0.146. The van der Waals surface area contributed by atoms with Crippen LogP contribution in [-0.4, -0.2) is 24.2 Å². The minimum absolute atomic E-state index is 0.259. The average molecular weight is 386 g/mol. The molecule has 0 saturated heterocycles. The first-order chi connectivity index (χ1) is 12.9. The van der Waals surface area contributed by atoms with E-state index in [2.05, 4.69) is 37.4 Å². The van der Waals surface area contributed by atoms with Crippen LogP contribution in [-0.2, 0) is 20.7 Å². The molecule has 27 heavy (non-hydrogen) atoms. The number of thioether (sulfide) groups is 1. The van der Waals surface area contributed by atoms with Gasteiger partial charge in [0.25, 0.3) is 5.91 Å². The van der Waals surface area contributed by atoms with Gasteiger partial charge in [-0.25, -0.2) is 0 Å². The molecular formula is C22H27NO3S. The van der Waals surface area contributed by atoms with Gasteiger partial charge in [0.1, 0.15) is 0 Å². The lowest BCUT2D eigenvalue weighted by Gasteiger charge is -2.13. The Morgan fingerprint density at radius 2 is 1.81 bits per heavy atom. The number of benzene rings is 2. The van der Waals surface area contributed by atoms with Gasteiger partial charge < -0.3 is 10.1 Å². The molecule has 0 aliphatic carbocycles. The molecule has 0 saturated carbocycles. The van der Waals surface area contributed by atoms with Crippen LogP contribution in [0.25, 0.3) is 0 Å². The van der Waals surface area contributed by atoms with Crippen LogP contribution < -0.4 is 5.32 Å². The smallest absolute Gasteiger partial charge is 0.307 e. The second kappa shape index (κ2) is 10.2. The zero-order valence-corrected chi connectivity index (χ0v) is 17.2. The van der Waals surface area contributed by atoms with Crippen molar-refractivity contribution in [3.05, 3.63) is 58.7 Å². The van der Waals surface area contributed by atoms with E-state index in [1.807, 2.05) is 32.0 Å². The van der Waals surface area contributed by atoms with E-state index in [4.69, 9.17) is 4.74 Å². The van der Waals surface area contributed by atoms with Crippen molar-refractivity contribution < 1.29 is 14.3 Å². The van der Waals surface area contributed by atoms with Gasteiger partial charge in [0.15, 0.2) is 6.61 Å². The summed E-state index contributed by atoms with van der Waals surface area (Å²) < 4.78 is 5.11. The maximum Gasteiger partial charge on any atom is 0.307 e. The van der Waals surface area contributed by atoms with Crippen LogP contribution in [0.2, 0.25) is 0 Å². The van der Waals surface area contributed by atoms with Crippen molar-refractivity contribution in [2.75, 3.05) is 17.7 Å². The summed E-state index contributed by atoms with van der Waals surface area (Å²) in [6.07, 6.45) is 1.10. The van der Waals surface area contributed by atoms with Crippen molar-refractivity contribution in [2.24, 2.45) is 0 Å². The highest BCUT2D eigenvalue weighted by Gasteiger charge is 2.11. The molecule has 0 unspecified atom stereocenters. The van der Waals surface area contributed by atoms with Crippen LogP contribution in [0.3, 0.4) is 0 Å². The van der Waals surface area contributed by atoms with Crippen molar-refractivity contribution >= 4 is 29.3 Å². The van der Waals surface area contributed by atoms with Gasteiger partial charge in [-0.05, 0) is 61.6 Å². The molecule has 2 aromatic carbocycles. The van der Waals surface area contributed by atoms with E-state index in [9.17, 15) is 9.59 Å². The summed E-state index contributed by atoms with van der Waals surface area (Å²) in [6, 6.07) is 12.2. The first-order valence-corrected chi connectivity index (χ1v) is 10.1. The number of aryl methyl sites for hydroxylation is 4. The highest BCUT2D eigenvalue weighted by molar-refractivity contribution is 7.99. The molecule has 5 heteroatoms. The largest absolute Gasteiger partial charge is 0.456 e. The predicted octanol–water partition coefficient (Wildman–Crippen LogP) is 4.84. The van der Waals surface area contributed by atoms with Crippen LogP contribution in [0.5, 0.6) is 0 Å². The van der Waals surface area contributed by atoms with Crippen LogP contribution >= 0.6 is 11.8 Å². The zero-order chi connectivity index (χ0) is 19.8. The Labute approximate surface area is 165 Å². The van der Waals surface area contributed by atoms with Gasteiger partial charge >= 0.3 is 5.97 Å². The lowest BCUT2D eigenvalue weighted by atomic mass is 10.1. The number of carbonyl (C=O) groups excluding carboxylic acids is 2. The number of anilines is 1. The number of para-hydroxylation sites is 1. The lowest BCUT2D eigenvalue weighted by Crippen LogP contribution is -2.22. The molecule has 0 heterocycles. The molecule has 2 rings (SSSR count). The third-order valence-corrected chi connectivity index (χ3v) is 5.42. The van der Waals surface area contributed by atoms with E-state index >= 15 is 0 Å². The Kier molecular flexibility index (Phi) is 7.92. The first kappa shape index (κ1) is 21.0. The van der Waals surface area contributed by atoms with Gasteiger partial charge in [-0.1, -0.05) is 31.2 Å².